The van der Waals surface area contributed by atoms with Gasteiger partial charge < -0.3 is 9.64 Å². The van der Waals surface area contributed by atoms with Crippen molar-refractivity contribution >= 4 is 37.8 Å². The summed E-state index contributed by atoms with van der Waals surface area (Å²) in [5.74, 6) is 0.100. The first-order valence-electron chi connectivity index (χ1n) is 6.52. The molecule has 0 unspecified atom stereocenters. The van der Waals surface area contributed by atoms with Crippen molar-refractivity contribution in [3.05, 3.63) is 62.8 Å². The van der Waals surface area contributed by atoms with Crippen molar-refractivity contribution in [1.82, 2.24) is 4.90 Å². The Balaban J connectivity index is 1.91. The first-order valence-corrected chi connectivity index (χ1v) is 8.10. The number of rotatable bonds is 5. The maximum absolute atomic E-state index is 13.1. The quantitative estimate of drug-likeness (QED) is 0.704. The number of hydrogen-bond acceptors (Lipinski definition) is 2. The average molecular weight is 431 g/mol. The number of ether oxygens (including phenoxy) is 1. The number of carbonyl (C=O) groups excluding carboxylic acids is 1. The van der Waals surface area contributed by atoms with Crippen LogP contribution in [0.25, 0.3) is 0 Å². The Bertz CT molecular complexity index is 679. The summed E-state index contributed by atoms with van der Waals surface area (Å²) < 4.78 is 20.3. The Morgan fingerprint density at radius 3 is 2.68 bits per heavy atom. The van der Waals surface area contributed by atoms with Crippen molar-refractivity contribution in [3.63, 3.8) is 0 Å². The number of nitrogens with zero attached hydrogens (tertiary/aromatic N) is 1. The van der Waals surface area contributed by atoms with Gasteiger partial charge in [-0.15, -0.1) is 0 Å². The van der Waals surface area contributed by atoms with Crippen LogP contribution in [0.1, 0.15) is 5.56 Å². The monoisotopic (exact) mass is 429 g/mol. The van der Waals surface area contributed by atoms with E-state index in [4.69, 9.17) is 4.74 Å². The van der Waals surface area contributed by atoms with Gasteiger partial charge in [0.15, 0.2) is 6.61 Å². The molecule has 0 saturated heterocycles. The van der Waals surface area contributed by atoms with Crippen molar-refractivity contribution in [2.45, 2.75) is 6.54 Å². The molecular weight excluding hydrogens is 417 g/mol. The molecule has 2 aromatic rings. The van der Waals surface area contributed by atoms with Gasteiger partial charge in [-0.1, -0.05) is 28.1 Å². The van der Waals surface area contributed by atoms with E-state index in [0.717, 1.165) is 14.5 Å². The predicted octanol–water partition coefficient (Wildman–Crippen LogP) is 4.39. The van der Waals surface area contributed by atoms with Gasteiger partial charge in [-0.25, -0.2) is 4.39 Å². The van der Waals surface area contributed by atoms with Gasteiger partial charge >= 0.3 is 0 Å². The summed E-state index contributed by atoms with van der Waals surface area (Å²) in [7, 11) is 1.66. The van der Waals surface area contributed by atoms with E-state index in [-0.39, 0.29) is 18.3 Å². The first-order chi connectivity index (χ1) is 10.5. The Kier molecular flexibility index (Phi) is 5.97. The summed E-state index contributed by atoms with van der Waals surface area (Å²) in [6.07, 6.45) is 0. The van der Waals surface area contributed by atoms with Crippen molar-refractivity contribution in [2.24, 2.45) is 0 Å². The summed E-state index contributed by atoms with van der Waals surface area (Å²) in [6, 6.07) is 11.6. The van der Waals surface area contributed by atoms with E-state index in [1.165, 1.54) is 17.0 Å². The molecule has 0 aliphatic carbocycles. The van der Waals surface area contributed by atoms with Crippen LogP contribution in [-0.2, 0) is 11.3 Å². The maximum Gasteiger partial charge on any atom is 0.260 e. The minimum Gasteiger partial charge on any atom is -0.483 e. The smallest absolute Gasteiger partial charge is 0.260 e. The average Bonchev–Trinajstić information content (AvgIpc) is 2.46. The molecule has 0 saturated carbocycles. The molecule has 6 heteroatoms. The van der Waals surface area contributed by atoms with Gasteiger partial charge in [0.2, 0.25) is 0 Å². The SMILES string of the molecule is CN(Cc1cccc(F)c1)C(=O)COc1ccc(Br)cc1Br. The lowest BCUT2D eigenvalue weighted by atomic mass is 10.2. The van der Waals surface area contributed by atoms with Crippen LogP contribution >= 0.6 is 31.9 Å². The highest BCUT2D eigenvalue weighted by Crippen LogP contribution is 2.28. The molecule has 2 aromatic carbocycles. The van der Waals surface area contributed by atoms with E-state index in [9.17, 15) is 9.18 Å². The predicted molar refractivity (Wildman–Crippen MR) is 90.2 cm³/mol. The fourth-order valence-corrected chi connectivity index (χ4v) is 3.00. The summed E-state index contributed by atoms with van der Waals surface area (Å²) in [5.41, 5.74) is 0.737. The second-order valence-electron chi connectivity index (χ2n) is 4.74. The van der Waals surface area contributed by atoms with E-state index < -0.39 is 0 Å². The highest BCUT2D eigenvalue weighted by molar-refractivity contribution is 9.11. The van der Waals surface area contributed by atoms with Crippen LogP contribution in [0.5, 0.6) is 5.75 Å². The third-order valence-corrected chi connectivity index (χ3v) is 4.09. The molecule has 0 heterocycles. The number of benzene rings is 2. The minimum atomic E-state index is -0.312. The number of halogens is 3. The van der Waals surface area contributed by atoms with Crippen molar-refractivity contribution in [3.8, 4) is 5.75 Å². The summed E-state index contributed by atoms with van der Waals surface area (Å²) in [5, 5.41) is 0. The van der Waals surface area contributed by atoms with Crippen LogP contribution < -0.4 is 4.74 Å². The van der Waals surface area contributed by atoms with Gasteiger partial charge in [-0.05, 0) is 51.8 Å². The van der Waals surface area contributed by atoms with Crippen molar-refractivity contribution in [1.29, 1.82) is 0 Å². The number of likely N-dealkylation sites (N-methyl/N-ethyl adjacent to an activating group) is 1. The molecule has 0 aromatic heterocycles. The Hall–Kier alpha value is -1.40. The topological polar surface area (TPSA) is 29.5 Å². The van der Waals surface area contributed by atoms with E-state index in [0.29, 0.717) is 12.3 Å². The highest BCUT2D eigenvalue weighted by atomic mass is 79.9. The molecule has 1 amide bonds. The standard InChI is InChI=1S/C16H14Br2FNO2/c1-20(9-11-3-2-4-13(19)7-11)16(21)10-22-15-6-5-12(17)8-14(15)18/h2-8H,9-10H2,1H3. The fourth-order valence-electron chi connectivity index (χ4n) is 1.84. The number of carbonyl (C=O) groups is 1. The lowest BCUT2D eigenvalue weighted by Crippen LogP contribution is -2.31. The van der Waals surface area contributed by atoms with Gasteiger partial charge in [-0.2, -0.15) is 0 Å². The molecule has 0 N–H and O–H groups in total. The molecule has 0 aliphatic rings. The lowest BCUT2D eigenvalue weighted by molar-refractivity contribution is -0.132. The largest absolute Gasteiger partial charge is 0.483 e. The normalized spacial score (nSPS) is 10.4. The zero-order chi connectivity index (χ0) is 16.1. The van der Waals surface area contributed by atoms with E-state index in [2.05, 4.69) is 31.9 Å². The van der Waals surface area contributed by atoms with Crippen LogP contribution in [0.2, 0.25) is 0 Å². The van der Waals surface area contributed by atoms with Crippen LogP contribution in [-0.4, -0.2) is 24.5 Å². The third-order valence-electron chi connectivity index (χ3n) is 2.98. The van der Waals surface area contributed by atoms with Gasteiger partial charge in [0.05, 0.1) is 4.47 Å². The van der Waals surface area contributed by atoms with Crippen LogP contribution in [0.4, 0.5) is 4.39 Å². The molecule has 0 fully saturated rings. The third kappa shape index (κ3) is 4.81. The summed E-state index contributed by atoms with van der Waals surface area (Å²) in [4.78, 5) is 13.6. The fraction of sp³-hybridized carbons (Fsp3) is 0.188. The van der Waals surface area contributed by atoms with Gasteiger partial charge in [-0.3, -0.25) is 4.79 Å². The van der Waals surface area contributed by atoms with Crippen LogP contribution in [0, 0.1) is 5.82 Å². The maximum atomic E-state index is 13.1. The minimum absolute atomic E-state index is 0.0773. The van der Waals surface area contributed by atoms with E-state index in [1.807, 2.05) is 12.1 Å². The van der Waals surface area contributed by atoms with Crippen LogP contribution in [0.15, 0.2) is 51.4 Å². The first kappa shape index (κ1) is 17.0. The van der Waals surface area contributed by atoms with Crippen molar-refractivity contribution in [2.75, 3.05) is 13.7 Å². The lowest BCUT2D eigenvalue weighted by Gasteiger charge is -2.18. The number of hydrogen-bond donors (Lipinski definition) is 0. The zero-order valence-electron chi connectivity index (χ0n) is 11.9. The highest BCUT2D eigenvalue weighted by Gasteiger charge is 2.11. The van der Waals surface area contributed by atoms with Crippen LogP contribution in [0.3, 0.4) is 0 Å². The Morgan fingerprint density at radius 2 is 2.00 bits per heavy atom. The summed E-state index contributed by atoms with van der Waals surface area (Å²) >= 11 is 6.73. The van der Waals surface area contributed by atoms with Gasteiger partial charge in [0.25, 0.3) is 5.91 Å². The molecule has 0 aliphatic heterocycles. The molecule has 0 radical (unpaired) electrons. The van der Waals surface area contributed by atoms with E-state index >= 15 is 0 Å². The molecule has 0 bridgehead atoms. The molecule has 2 rings (SSSR count). The molecule has 116 valence electrons. The second-order valence-corrected chi connectivity index (χ2v) is 6.51. The molecule has 22 heavy (non-hydrogen) atoms. The Labute approximate surface area is 145 Å². The second kappa shape index (κ2) is 7.74. The van der Waals surface area contributed by atoms with E-state index in [1.54, 1.807) is 25.2 Å². The number of amides is 1. The molecule has 0 spiro atoms. The summed E-state index contributed by atoms with van der Waals surface area (Å²) in [6.45, 7) is 0.257. The van der Waals surface area contributed by atoms with Crippen molar-refractivity contribution < 1.29 is 13.9 Å². The molecule has 0 atom stereocenters. The van der Waals surface area contributed by atoms with Gasteiger partial charge in [0, 0.05) is 18.1 Å². The molecule has 3 nitrogen and oxygen atoms in total. The van der Waals surface area contributed by atoms with Gasteiger partial charge in [0.1, 0.15) is 11.6 Å². The Morgan fingerprint density at radius 1 is 1.23 bits per heavy atom. The molecular formula is C16H14Br2FNO2. The zero-order valence-corrected chi connectivity index (χ0v) is 15.0.